The summed E-state index contributed by atoms with van der Waals surface area (Å²) in [5.41, 5.74) is 4.05. The summed E-state index contributed by atoms with van der Waals surface area (Å²) in [5, 5.41) is 0. The number of hydrogen-bond donors (Lipinski definition) is 0. The van der Waals surface area contributed by atoms with Crippen LogP contribution < -0.4 is 9.47 Å². The number of nitrogens with zero attached hydrogens (tertiary/aromatic N) is 1. The van der Waals surface area contributed by atoms with Crippen molar-refractivity contribution in [1.82, 2.24) is 0 Å². The summed E-state index contributed by atoms with van der Waals surface area (Å²) < 4.78 is 18.3. The van der Waals surface area contributed by atoms with Gasteiger partial charge in [0.2, 0.25) is 5.90 Å². The lowest BCUT2D eigenvalue weighted by Gasteiger charge is -2.12. The molecule has 0 aromatic heterocycles. The van der Waals surface area contributed by atoms with E-state index in [0.29, 0.717) is 26.2 Å². The second-order valence-corrected chi connectivity index (χ2v) is 9.92. The Morgan fingerprint density at radius 1 is 1.03 bits per heavy atom. The molecule has 1 aliphatic rings. The molecule has 4 rings (SSSR count). The quantitative estimate of drug-likeness (QED) is 0.142. The number of esters is 2. The van der Waals surface area contributed by atoms with E-state index in [2.05, 4.69) is 50.2 Å². The van der Waals surface area contributed by atoms with E-state index >= 15 is 0 Å². The van der Waals surface area contributed by atoms with E-state index in [-0.39, 0.29) is 11.6 Å². The molecule has 0 saturated carbocycles. The van der Waals surface area contributed by atoms with Crippen LogP contribution in [0.3, 0.4) is 0 Å². The molecule has 0 amide bonds. The summed E-state index contributed by atoms with van der Waals surface area (Å²) in [4.78, 5) is 29.5. The topological polar surface area (TPSA) is 74.2 Å². The first-order valence-corrected chi connectivity index (χ1v) is 12.4. The number of methoxy groups -OCH3 is 1. The first kappa shape index (κ1) is 24.4. The maximum atomic E-state index is 12.6. The Bertz CT molecular complexity index is 1380. The lowest BCUT2D eigenvalue weighted by atomic mass is 10.1. The molecule has 0 N–H and O–H groups in total. The van der Waals surface area contributed by atoms with Gasteiger partial charge in [-0.25, -0.2) is 14.6 Å². The van der Waals surface area contributed by atoms with Gasteiger partial charge in [0, 0.05) is 9.13 Å². The van der Waals surface area contributed by atoms with Crippen molar-refractivity contribution in [2.45, 2.75) is 13.8 Å². The zero-order chi connectivity index (χ0) is 24.4. The third-order valence-corrected chi connectivity index (χ3v) is 7.04. The predicted molar refractivity (Wildman–Crippen MR) is 146 cm³/mol. The van der Waals surface area contributed by atoms with Gasteiger partial charge in [0.05, 0.1) is 16.2 Å². The molecule has 34 heavy (non-hydrogen) atoms. The molecule has 0 atom stereocenters. The van der Waals surface area contributed by atoms with Crippen LogP contribution in [0.15, 0.2) is 65.3 Å². The SMILES string of the molecule is COc1cc(/C=C2\N=C(c3ccc(I)c(C)c3)OC2=O)cc(I)c1OC(=O)c1cccc(C)c1. The van der Waals surface area contributed by atoms with Gasteiger partial charge in [-0.2, -0.15) is 0 Å². The second-order valence-electron chi connectivity index (χ2n) is 7.59. The van der Waals surface area contributed by atoms with Crippen molar-refractivity contribution in [3.05, 3.63) is 95.3 Å². The van der Waals surface area contributed by atoms with Crippen LogP contribution in [0.1, 0.15) is 32.6 Å². The van der Waals surface area contributed by atoms with Crippen molar-refractivity contribution in [3.8, 4) is 11.5 Å². The van der Waals surface area contributed by atoms with Gasteiger partial charge in [-0.05, 0) is 119 Å². The van der Waals surface area contributed by atoms with E-state index in [4.69, 9.17) is 14.2 Å². The Morgan fingerprint density at radius 2 is 1.82 bits per heavy atom. The number of cyclic esters (lactones) is 1. The molecule has 172 valence electrons. The monoisotopic (exact) mass is 679 g/mol. The van der Waals surface area contributed by atoms with E-state index in [0.717, 1.165) is 20.3 Å². The standard InChI is InChI=1S/C26H19I2NO5/c1-14-5-4-6-18(9-14)25(30)33-23-20(28)11-16(13-22(23)32-3)12-21-26(31)34-24(29-21)17-7-8-19(27)15(2)10-17/h4-13H,1-3H3/b21-12-. The number of aryl methyl sites for hydroxylation is 2. The van der Waals surface area contributed by atoms with E-state index in [1.165, 1.54) is 7.11 Å². The number of rotatable bonds is 5. The normalized spacial score (nSPS) is 14.1. The molecule has 0 fully saturated rings. The number of hydrogen-bond acceptors (Lipinski definition) is 6. The van der Waals surface area contributed by atoms with Crippen molar-refractivity contribution in [2.24, 2.45) is 4.99 Å². The average Bonchev–Trinajstić information content (AvgIpc) is 3.17. The highest BCUT2D eigenvalue weighted by Crippen LogP contribution is 2.35. The molecular formula is C26H19I2NO5. The van der Waals surface area contributed by atoms with Crippen LogP contribution in [0.5, 0.6) is 11.5 Å². The predicted octanol–water partition coefficient (Wildman–Crippen LogP) is 6.08. The maximum Gasteiger partial charge on any atom is 0.363 e. The van der Waals surface area contributed by atoms with Crippen molar-refractivity contribution in [2.75, 3.05) is 7.11 Å². The van der Waals surface area contributed by atoms with Crippen molar-refractivity contribution in [3.63, 3.8) is 0 Å². The summed E-state index contributed by atoms with van der Waals surface area (Å²) >= 11 is 4.32. The number of aliphatic imine (C=N–C) groups is 1. The van der Waals surface area contributed by atoms with Crippen LogP contribution in [0.25, 0.3) is 6.08 Å². The van der Waals surface area contributed by atoms with Gasteiger partial charge in [0.25, 0.3) is 0 Å². The molecular weight excluding hydrogens is 660 g/mol. The summed E-state index contributed by atoms with van der Waals surface area (Å²) in [6.45, 7) is 3.89. The molecule has 3 aromatic carbocycles. The van der Waals surface area contributed by atoms with Gasteiger partial charge in [-0.15, -0.1) is 0 Å². The molecule has 0 spiro atoms. The number of carbonyl (C=O) groups excluding carboxylic acids is 2. The highest BCUT2D eigenvalue weighted by molar-refractivity contribution is 14.1. The van der Waals surface area contributed by atoms with Crippen LogP contribution >= 0.6 is 45.2 Å². The molecule has 8 heteroatoms. The third-order valence-electron chi connectivity index (χ3n) is 5.03. The molecule has 0 aliphatic carbocycles. The number of halogens is 2. The minimum Gasteiger partial charge on any atom is -0.493 e. The fourth-order valence-corrected chi connectivity index (χ4v) is 4.39. The van der Waals surface area contributed by atoms with Gasteiger partial charge < -0.3 is 14.2 Å². The molecule has 3 aromatic rings. The summed E-state index contributed by atoms with van der Waals surface area (Å²) in [5.74, 6) is -0.0726. The van der Waals surface area contributed by atoms with E-state index in [1.807, 2.05) is 38.1 Å². The maximum absolute atomic E-state index is 12.6. The molecule has 1 heterocycles. The minimum absolute atomic E-state index is 0.175. The van der Waals surface area contributed by atoms with E-state index in [1.54, 1.807) is 36.4 Å². The highest BCUT2D eigenvalue weighted by Gasteiger charge is 2.25. The van der Waals surface area contributed by atoms with E-state index in [9.17, 15) is 9.59 Å². The van der Waals surface area contributed by atoms with Crippen LogP contribution in [-0.2, 0) is 9.53 Å². The van der Waals surface area contributed by atoms with Crippen LogP contribution in [0.4, 0.5) is 0 Å². The Kier molecular flexibility index (Phi) is 7.36. The Hall–Kier alpha value is -2.73. The molecule has 1 aliphatic heterocycles. The third kappa shape index (κ3) is 5.33. The van der Waals surface area contributed by atoms with Crippen LogP contribution in [-0.4, -0.2) is 24.9 Å². The Labute approximate surface area is 224 Å². The number of carbonyl (C=O) groups is 2. The van der Waals surface area contributed by atoms with Crippen molar-refractivity contribution >= 4 is 69.1 Å². The fourth-order valence-electron chi connectivity index (χ4n) is 3.31. The summed E-state index contributed by atoms with van der Waals surface area (Å²) in [6.07, 6.45) is 1.62. The number of ether oxygens (including phenoxy) is 3. The summed E-state index contributed by atoms with van der Waals surface area (Å²) in [7, 11) is 1.49. The van der Waals surface area contributed by atoms with Gasteiger partial charge in [0.1, 0.15) is 0 Å². The Morgan fingerprint density at radius 3 is 2.53 bits per heavy atom. The van der Waals surface area contributed by atoms with Crippen molar-refractivity contribution < 1.29 is 23.8 Å². The molecule has 0 saturated heterocycles. The second kappa shape index (κ2) is 10.3. The van der Waals surface area contributed by atoms with Gasteiger partial charge >= 0.3 is 11.9 Å². The van der Waals surface area contributed by atoms with Gasteiger partial charge in [-0.3, -0.25) is 0 Å². The molecule has 0 radical (unpaired) electrons. The van der Waals surface area contributed by atoms with Crippen molar-refractivity contribution in [1.29, 1.82) is 0 Å². The first-order chi connectivity index (χ1) is 16.2. The highest BCUT2D eigenvalue weighted by atomic mass is 127. The van der Waals surface area contributed by atoms with Gasteiger partial charge in [0.15, 0.2) is 17.2 Å². The van der Waals surface area contributed by atoms with E-state index < -0.39 is 11.9 Å². The Balaban J connectivity index is 1.63. The first-order valence-electron chi connectivity index (χ1n) is 10.2. The lowest BCUT2D eigenvalue weighted by Crippen LogP contribution is -2.10. The molecule has 0 unspecified atom stereocenters. The zero-order valence-corrected chi connectivity index (χ0v) is 22.8. The van der Waals surface area contributed by atoms with Crippen LogP contribution in [0, 0.1) is 21.0 Å². The minimum atomic E-state index is -0.532. The largest absolute Gasteiger partial charge is 0.493 e. The lowest BCUT2D eigenvalue weighted by molar-refractivity contribution is -0.129. The summed E-state index contributed by atoms with van der Waals surface area (Å²) in [6, 6.07) is 16.4. The smallest absolute Gasteiger partial charge is 0.363 e. The number of benzene rings is 3. The zero-order valence-electron chi connectivity index (χ0n) is 18.5. The van der Waals surface area contributed by atoms with Gasteiger partial charge in [-0.1, -0.05) is 17.7 Å². The fraction of sp³-hybridized carbons (Fsp3) is 0.115. The molecule has 0 bridgehead atoms. The van der Waals surface area contributed by atoms with Crippen LogP contribution in [0.2, 0.25) is 0 Å². The molecule has 6 nitrogen and oxygen atoms in total. The average molecular weight is 679 g/mol.